The van der Waals surface area contributed by atoms with Crippen LogP contribution < -0.4 is 10.5 Å². The monoisotopic (exact) mass is 426 g/mol. The third-order valence-electron chi connectivity index (χ3n) is 2.76. The molecule has 1 aromatic rings. The highest BCUT2D eigenvalue weighted by molar-refractivity contribution is 7.91. The molecule has 0 aliphatic carbocycles. The third kappa shape index (κ3) is 5.83. The van der Waals surface area contributed by atoms with Crippen molar-refractivity contribution in [3.05, 3.63) is 17.2 Å². The molecule has 1 rings (SSSR count). The van der Waals surface area contributed by atoms with Gasteiger partial charge in [-0.2, -0.15) is 13.1 Å². The van der Waals surface area contributed by atoms with Gasteiger partial charge in [-0.05, 0) is 19.1 Å². The van der Waals surface area contributed by atoms with E-state index in [2.05, 4.69) is 9.13 Å². The Labute approximate surface area is 157 Å². The maximum Gasteiger partial charge on any atom is 0.321 e. The summed E-state index contributed by atoms with van der Waals surface area (Å²) >= 11 is 5.88. The van der Waals surface area contributed by atoms with E-state index in [1.54, 1.807) is 21.0 Å². The van der Waals surface area contributed by atoms with Crippen molar-refractivity contribution in [1.29, 1.82) is 0 Å². The molecule has 13 heteroatoms. The Morgan fingerprint density at radius 1 is 1.31 bits per heavy atom. The molecule has 0 atom stereocenters. The van der Waals surface area contributed by atoms with Gasteiger partial charge in [0.1, 0.15) is 22.7 Å². The summed E-state index contributed by atoms with van der Waals surface area (Å²) in [6, 6.07) is 1.77. The zero-order chi connectivity index (χ0) is 20.1. The minimum Gasteiger partial charge on any atom is -0.465 e. The molecule has 0 aliphatic rings. The molecular formula is C13H19ClN4O6S2. The number of sulfonamides is 2. The van der Waals surface area contributed by atoms with Gasteiger partial charge in [0.2, 0.25) is 10.0 Å². The molecule has 0 saturated heterocycles. The summed E-state index contributed by atoms with van der Waals surface area (Å²) in [6.45, 7) is 1.00. The Kier molecular flexibility index (Phi) is 7.38. The predicted octanol–water partition coefficient (Wildman–Crippen LogP) is 0.0422. The van der Waals surface area contributed by atoms with Crippen LogP contribution in [0.25, 0.3) is 0 Å². The molecule has 26 heavy (non-hydrogen) atoms. The average Bonchev–Trinajstić information content (AvgIpc) is 2.51. The van der Waals surface area contributed by atoms with Crippen LogP contribution in [0.2, 0.25) is 5.02 Å². The van der Waals surface area contributed by atoms with Crippen molar-refractivity contribution in [3.63, 3.8) is 0 Å². The molecule has 146 valence electrons. The van der Waals surface area contributed by atoms with Gasteiger partial charge in [0.05, 0.1) is 17.3 Å². The highest BCUT2D eigenvalue weighted by Gasteiger charge is 2.25. The van der Waals surface area contributed by atoms with Gasteiger partial charge in [-0.3, -0.25) is 4.79 Å². The normalized spacial score (nSPS) is 12.3. The smallest absolute Gasteiger partial charge is 0.321 e. The first-order chi connectivity index (χ1) is 11.9. The van der Waals surface area contributed by atoms with Crippen molar-refractivity contribution in [3.8, 4) is 0 Å². The number of hydrogen-bond acceptors (Lipinski definition) is 7. The Bertz CT molecular complexity index is 913. The van der Waals surface area contributed by atoms with E-state index < -0.39 is 42.4 Å². The van der Waals surface area contributed by atoms with E-state index in [4.69, 9.17) is 17.3 Å². The van der Waals surface area contributed by atoms with Crippen LogP contribution in [0.4, 0.5) is 5.69 Å². The van der Waals surface area contributed by atoms with E-state index in [1.165, 1.54) is 4.90 Å². The van der Waals surface area contributed by atoms with Crippen LogP contribution in [0, 0.1) is 0 Å². The summed E-state index contributed by atoms with van der Waals surface area (Å²) in [4.78, 5) is 11.6. The van der Waals surface area contributed by atoms with Crippen molar-refractivity contribution in [2.45, 2.75) is 16.7 Å². The second kappa shape index (κ2) is 8.66. The molecule has 0 bridgehead atoms. The van der Waals surface area contributed by atoms with Gasteiger partial charge in [0.25, 0.3) is 10.0 Å². The lowest BCUT2D eigenvalue weighted by molar-refractivity contribution is -0.141. The van der Waals surface area contributed by atoms with Crippen molar-refractivity contribution >= 4 is 49.6 Å². The van der Waals surface area contributed by atoms with Crippen LogP contribution in [0.15, 0.2) is 26.3 Å². The lowest BCUT2D eigenvalue weighted by Crippen LogP contribution is -2.31. The number of carbonyl (C=O) groups is 1. The molecule has 1 aromatic carbocycles. The summed E-state index contributed by atoms with van der Waals surface area (Å²) in [6.07, 6.45) is 1.02. The third-order valence-corrected chi connectivity index (χ3v) is 5.91. The fourth-order valence-electron chi connectivity index (χ4n) is 1.64. The minimum atomic E-state index is -4.30. The number of anilines is 1. The molecule has 0 aliphatic heterocycles. The number of nitrogens with two attached hydrogens (primary N) is 1. The largest absolute Gasteiger partial charge is 0.465 e. The summed E-state index contributed by atoms with van der Waals surface area (Å²) < 4.78 is 59.2. The first-order valence-electron chi connectivity index (χ1n) is 7.12. The molecule has 0 unspecified atom stereocenters. The van der Waals surface area contributed by atoms with E-state index in [-0.39, 0.29) is 17.3 Å². The van der Waals surface area contributed by atoms with Gasteiger partial charge < -0.3 is 15.4 Å². The fourth-order valence-corrected chi connectivity index (χ4v) is 4.28. The number of ether oxygens (including phenoxy) is 1. The summed E-state index contributed by atoms with van der Waals surface area (Å²) in [7, 11) is -5.46. The van der Waals surface area contributed by atoms with Crippen LogP contribution in [-0.2, 0) is 29.6 Å². The van der Waals surface area contributed by atoms with E-state index in [9.17, 15) is 21.6 Å². The summed E-state index contributed by atoms with van der Waals surface area (Å²) in [5, 5.41) is -0.289. The van der Waals surface area contributed by atoms with Gasteiger partial charge in [-0.25, -0.2) is 8.42 Å². The number of nitrogens with zero attached hydrogens (tertiary/aromatic N) is 2. The number of hydrogen-bond donors (Lipinski definition) is 2. The molecule has 10 nitrogen and oxygen atoms in total. The Balaban J connectivity index is 3.32. The molecule has 0 amide bonds. The number of nitrogens with one attached hydrogen (secondary N) is 1. The lowest BCUT2D eigenvalue weighted by Gasteiger charge is -2.12. The Morgan fingerprint density at radius 3 is 2.46 bits per heavy atom. The van der Waals surface area contributed by atoms with Crippen LogP contribution in [0.3, 0.4) is 0 Å². The van der Waals surface area contributed by atoms with Crippen molar-refractivity contribution in [2.75, 3.05) is 33.0 Å². The van der Waals surface area contributed by atoms with Crippen molar-refractivity contribution < 1.29 is 26.4 Å². The standard InChI is InChI=1S/C13H19ClN4O6S2/c1-4-24-13(19)7-16-26(22,23)12-6-11(9(14)5-10(12)15)25(20,21)17-8-18(2)3/h5-6,8,16H,4,7,15H2,1-3H3. The molecule has 0 saturated carbocycles. The molecular weight excluding hydrogens is 408 g/mol. The van der Waals surface area contributed by atoms with E-state index in [0.29, 0.717) is 0 Å². The minimum absolute atomic E-state index is 0.0793. The molecule has 3 N–H and O–H groups in total. The lowest BCUT2D eigenvalue weighted by atomic mass is 10.3. The number of esters is 1. The highest BCUT2D eigenvalue weighted by atomic mass is 35.5. The predicted molar refractivity (Wildman–Crippen MR) is 97.1 cm³/mol. The van der Waals surface area contributed by atoms with Crippen LogP contribution in [0.5, 0.6) is 0 Å². The van der Waals surface area contributed by atoms with Crippen LogP contribution in [0.1, 0.15) is 6.92 Å². The topological polar surface area (TPSA) is 148 Å². The number of rotatable bonds is 8. The number of carbonyl (C=O) groups excluding carboxylic acids is 1. The number of nitrogen functional groups attached to an aromatic ring is 1. The summed E-state index contributed by atoms with van der Waals surface area (Å²) in [5.74, 6) is -0.799. The first-order valence-corrected chi connectivity index (χ1v) is 10.4. The Hall–Kier alpha value is -1.89. The molecule has 0 aromatic heterocycles. The van der Waals surface area contributed by atoms with Crippen molar-refractivity contribution in [2.24, 2.45) is 4.40 Å². The second-order valence-electron chi connectivity index (χ2n) is 5.11. The number of benzene rings is 1. The van der Waals surface area contributed by atoms with Gasteiger partial charge in [-0.15, -0.1) is 4.40 Å². The zero-order valence-electron chi connectivity index (χ0n) is 14.3. The average molecular weight is 427 g/mol. The fraction of sp³-hybridized carbons (Fsp3) is 0.385. The first kappa shape index (κ1) is 22.2. The van der Waals surface area contributed by atoms with Gasteiger partial charge >= 0.3 is 5.97 Å². The van der Waals surface area contributed by atoms with E-state index in [0.717, 1.165) is 18.5 Å². The zero-order valence-corrected chi connectivity index (χ0v) is 16.7. The maximum absolute atomic E-state index is 12.3. The molecule has 0 heterocycles. The second-order valence-corrected chi connectivity index (χ2v) is 8.85. The molecule has 0 spiro atoms. The van der Waals surface area contributed by atoms with Crippen LogP contribution in [-0.4, -0.2) is 61.3 Å². The Morgan fingerprint density at radius 2 is 1.92 bits per heavy atom. The maximum atomic E-state index is 12.3. The van der Waals surface area contributed by atoms with Gasteiger partial charge in [0.15, 0.2) is 0 Å². The van der Waals surface area contributed by atoms with Gasteiger partial charge in [0, 0.05) is 14.1 Å². The van der Waals surface area contributed by atoms with Gasteiger partial charge in [-0.1, -0.05) is 11.6 Å². The molecule has 0 fully saturated rings. The van der Waals surface area contributed by atoms with E-state index in [1.807, 2.05) is 4.72 Å². The quantitative estimate of drug-likeness (QED) is 0.256. The molecule has 0 radical (unpaired) electrons. The van der Waals surface area contributed by atoms with E-state index >= 15 is 0 Å². The summed E-state index contributed by atoms with van der Waals surface area (Å²) in [5.41, 5.74) is 5.36. The highest BCUT2D eigenvalue weighted by Crippen LogP contribution is 2.30. The van der Waals surface area contributed by atoms with Crippen molar-refractivity contribution in [1.82, 2.24) is 9.62 Å². The SMILES string of the molecule is CCOC(=O)CNS(=O)(=O)c1cc(S(=O)(=O)N=CN(C)C)c(Cl)cc1N. The number of halogens is 1. The van der Waals surface area contributed by atoms with Crippen LogP contribution >= 0.6 is 11.6 Å².